The van der Waals surface area contributed by atoms with Crippen molar-refractivity contribution in [1.82, 2.24) is 19.8 Å². The number of rotatable bonds is 5. The number of carbonyl (C=O) groups is 2. The number of nitrogens with one attached hydrogen (secondary N) is 2. The van der Waals surface area contributed by atoms with E-state index in [4.69, 9.17) is 0 Å². The molecule has 1 aromatic carbocycles. The maximum atomic E-state index is 13.8. The summed E-state index contributed by atoms with van der Waals surface area (Å²) in [6, 6.07) is 1.88. The average molecular weight is 402 g/mol. The van der Waals surface area contributed by atoms with Gasteiger partial charge in [0, 0.05) is 32.2 Å². The monoisotopic (exact) mass is 402 g/mol. The molecule has 1 saturated heterocycles. The molecule has 0 atom stereocenters. The Hall–Kier alpha value is -2.11. The minimum absolute atomic E-state index is 0.0276. The minimum Gasteiger partial charge on any atom is -0.335 e. The number of nitrogens with zero attached hydrogens (tertiary/aromatic N) is 2. The van der Waals surface area contributed by atoms with Gasteiger partial charge in [0.2, 0.25) is 15.9 Å². The summed E-state index contributed by atoms with van der Waals surface area (Å²) in [6.07, 6.45) is 1.81. The van der Waals surface area contributed by atoms with Crippen LogP contribution in [0.1, 0.15) is 12.8 Å². The van der Waals surface area contributed by atoms with Crippen molar-refractivity contribution >= 4 is 22.0 Å². The predicted molar refractivity (Wildman–Crippen MR) is 91.3 cm³/mol. The van der Waals surface area contributed by atoms with Crippen LogP contribution in [-0.4, -0.2) is 68.3 Å². The third-order valence-corrected chi connectivity index (χ3v) is 6.29. The maximum Gasteiger partial charge on any atom is 0.321 e. The SMILES string of the molecule is O=C(CN1CCN(S(=O)(=O)c2cc(F)ccc2F)CC1)NC(=O)NC1CC1. The van der Waals surface area contributed by atoms with Crippen LogP contribution in [0.2, 0.25) is 0 Å². The fraction of sp³-hybridized carbons (Fsp3) is 0.500. The summed E-state index contributed by atoms with van der Waals surface area (Å²) >= 11 is 0. The average Bonchev–Trinajstić information content (AvgIpc) is 3.41. The molecular weight excluding hydrogens is 382 g/mol. The van der Waals surface area contributed by atoms with Crippen LogP contribution >= 0.6 is 0 Å². The number of urea groups is 1. The zero-order valence-corrected chi connectivity index (χ0v) is 15.3. The van der Waals surface area contributed by atoms with Gasteiger partial charge in [-0.05, 0) is 31.0 Å². The molecule has 2 fully saturated rings. The third kappa shape index (κ3) is 4.99. The lowest BCUT2D eigenvalue weighted by molar-refractivity contribution is -0.121. The summed E-state index contributed by atoms with van der Waals surface area (Å²) in [4.78, 5) is 24.4. The van der Waals surface area contributed by atoms with E-state index < -0.39 is 38.5 Å². The number of piperazine rings is 1. The maximum absolute atomic E-state index is 13.8. The Morgan fingerprint density at radius 3 is 2.41 bits per heavy atom. The Kier molecular flexibility index (Phi) is 5.72. The second-order valence-electron chi connectivity index (χ2n) is 6.55. The first kappa shape index (κ1) is 19.6. The van der Waals surface area contributed by atoms with Crippen molar-refractivity contribution in [3.63, 3.8) is 0 Å². The Balaban J connectivity index is 1.52. The van der Waals surface area contributed by atoms with Crippen LogP contribution < -0.4 is 10.6 Å². The van der Waals surface area contributed by atoms with Gasteiger partial charge in [0.05, 0.1) is 6.54 Å². The van der Waals surface area contributed by atoms with E-state index in [2.05, 4.69) is 10.6 Å². The van der Waals surface area contributed by atoms with Gasteiger partial charge >= 0.3 is 6.03 Å². The van der Waals surface area contributed by atoms with Crippen LogP contribution in [0, 0.1) is 11.6 Å². The van der Waals surface area contributed by atoms with Crippen molar-refractivity contribution in [3.05, 3.63) is 29.8 Å². The molecule has 1 heterocycles. The highest BCUT2D eigenvalue weighted by molar-refractivity contribution is 7.89. The molecule has 8 nitrogen and oxygen atoms in total. The molecule has 2 N–H and O–H groups in total. The van der Waals surface area contributed by atoms with E-state index in [1.807, 2.05) is 0 Å². The van der Waals surface area contributed by atoms with Crippen molar-refractivity contribution in [2.75, 3.05) is 32.7 Å². The molecule has 3 amide bonds. The normalized spacial score (nSPS) is 18.9. The van der Waals surface area contributed by atoms with E-state index in [1.165, 1.54) is 0 Å². The number of hydrogen-bond donors (Lipinski definition) is 2. The van der Waals surface area contributed by atoms with Crippen molar-refractivity contribution in [1.29, 1.82) is 0 Å². The second-order valence-corrected chi connectivity index (χ2v) is 8.46. The van der Waals surface area contributed by atoms with Gasteiger partial charge in [-0.3, -0.25) is 15.0 Å². The first-order chi connectivity index (χ1) is 12.8. The van der Waals surface area contributed by atoms with Gasteiger partial charge in [0.1, 0.15) is 16.5 Å². The summed E-state index contributed by atoms with van der Waals surface area (Å²) in [5.41, 5.74) is 0. The molecular formula is C16H20F2N4O4S. The number of imide groups is 1. The second kappa shape index (κ2) is 7.87. The number of benzene rings is 1. The smallest absolute Gasteiger partial charge is 0.321 e. The quantitative estimate of drug-likeness (QED) is 0.736. The fourth-order valence-electron chi connectivity index (χ4n) is 2.76. The zero-order chi connectivity index (χ0) is 19.6. The van der Waals surface area contributed by atoms with E-state index in [-0.39, 0.29) is 38.8 Å². The highest BCUT2D eigenvalue weighted by Gasteiger charge is 2.31. The van der Waals surface area contributed by atoms with E-state index in [0.717, 1.165) is 29.3 Å². The van der Waals surface area contributed by atoms with Crippen LogP contribution in [0.15, 0.2) is 23.1 Å². The molecule has 1 saturated carbocycles. The van der Waals surface area contributed by atoms with Crippen LogP contribution in [0.4, 0.5) is 13.6 Å². The van der Waals surface area contributed by atoms with Gasteiger partial charge < -0.3 is 5.32 Å². The lowest BCUT2D eigenvalue weighted by Crippen LogP contribution is -2.52. The van der Waals surface area contributed by atoms with E-state index in [1.54, 1.807) is 4.90 Å². The van der Waals surface area contributed by atoms with Gasteiger partial charge in [-0.1, -0.05) is 0 Å². The van der Waals surface area contributed by atoms with Crippen LogP contribution in [0.5, 0.6) is 0 Å². The topological polar surface area (TPSA) is 98.8 Å². The Bertz CT molecular complexity index is 837. The van der Waals surface area contributed by atoms with E-state index >= 15 is 0 Å². The summed E-state index contributed by atoms with van der Waals surface area (Å²) in [7, 11) is -4.17. The van der Waals surface area contributed by atoms with Crippen LogP contribution in [0.25, 0.3) is 0 Å². The minimum atomic E-state index is -4.17. The Labute approximate surface area is 155 Å². The molecule has 3 rings (SSSR count). The van der Waals surface area contributed by atoms with Crippen LogP contribution in [0.3, 0.4) is 0 Å². The van der Waals surface area contributed by atoms with Gasteiger partial charge in [0.25, 0.3) is 0 Å². The van der Waals surface area contributed by atoms with Crippen molar-refractivity contribution in [2.45, 2.75) is 23.8 Å². The van der Waals surface area contributed by atoms with E-state index in [9.17, 15) is 26.8 Å². The Morgan fingerprint density at radius 2 is 1.78 bits per heavy atom. The predicted octanol–water partition coefficient (Wildman–Crippen LogP) is 0.259. The molecule has 1 aliphatic heterocycles. The molecule has 0 radical (unpaired) electrons. The molecule has 2 aliphatic rings. The molecule has 0 unspecified atom stereocenters. The number of amides is 3. The first-order valence-corrected chi connectivity index (χ1v) is 9.97. The summed E-state index contributed by atoms with van der Waals surface area (Å²) < 4.78 is 53.2. The summed E-state index contributed by atoms with van der Waals surface area (Å²) in [5.74, 6) is -2.34. The van der Waals surface area contributed by atoms with Crippen LogP contribution in [-0.2, 0) is 14.8 Å². The summed E-state index contributed by atoms with van der Waals surface area (Å²) in [5, 5.41) is 4.86. The van der Waals surface area contributed by atoms with Crippen molar-refractivity contribution in [3.8, 4) is 0 Å². The largest absolute Gasteiger partial charge is 0.335 e. The molecule has 148 valence electrons. The number of halogens is 2. The van der Waals surface area contributed by atoms with E-state index in [0.29, 0.717) is 6.07 Å². The van der Waals surface area contributed by atoms with Gasteiger partial charge in [-0.2, -0.15) is 4.31 Å². The highest BCUT2D eigenvalue weighted by atomic mass is 32.2. The lowest BCUT2D eigenvalue weighted by atomic mass is 10.3. The molecule has 0 aromatic heterocycles. The lowest BCUT2D eigenvalue weighted by Gasteiger charge is -2.33. The van der Waals surface area contributed by atoms with Crippen molar-refractivity contribution in [2.24, 2.45) is 0 Å². The zero-order valence-electron chi connectivity index (χ0n) is 14.5. The van der Waals surface area contributed by atoms with Crippen molar-refractivity contribution < 1.29 is 26.8 Å². The number of hydrogen-bond acceptors (Lipinski definition) is 5. The molecule has 27 heavy (non-hydrogen) atoms. The standard InChI is InChI=1S/C16H20F2N4O4S/c17-11-1-4-13(18)14(9-11)27(25,26)22-7-5-21(6-8-22)10-15(23)20-16(24)19-12-2-3-12/h1,4,9,12H,2-3,5-8,10H2,(H2,19,20,23,24). The number of carbonyl (C=O) groups excluding carboxylic acids is 2. The first-order valence-electron chi connectivity index (χ1n) is 8.53. The van der Waals surface area contributed by atoms with Gasteiger partial charge in [-0.25, -0.2) is 22.0 Å². The summed E-state index contributed by atoms with van der Waals surface area (Å²) in [6.45, 7) is 0.460. The van der Waals surface area contributed by atoms with Gasteiger partial charge in [-0.15, -0.1) is 0 Å². The third-order valence-electron chi connectivity index (χ3n) is 4.38. The molecule has 1 aliphatic carbocycles. The molecule has 0 spiro atoms. The highest BCUT2D eigenvalue weighted by Crippen LogP contribution is 2.21. The molecule has 0 bridgehead atoms. The molecule has 1 aromatic rings. The molecule has 11 heteroatoms. The van der Waals surface area contributed by atoms with Gasteiger partial charge in [0.15, 0.2) is 0 Å². The Morgan fingerprint density at radius 1 is 1.11 bits per heavy atom. The fourth-order valence-corrected chi connectivity index (χ4v) is 4.26. The number of sulfonamides is 1.